The van der Waals surface area contributed by atoms with E-state index in [2.05, 4.69) is 15.2 Å². The Morgan fingerprint density at radius 2 is 2.12 bits per heavy atom. The molecule has 4 N–H and O–H groups in total. The number of hydrogen-bond acceptors (Lipinski definition) is 3. The number of urea groups is 1. The summed E-state index contributed by atoms with van der Waals surface area (Å²) >= 11 is 0. The monoisotopic (exact) mass is 232 g/mol. The van der Waals surface area contributed by atoms with E-state index in [9.17, 15) is 9.90 Å². The number of amides is 2. The van der Waals surface area contributed by atoms with Gasteiger partial charge < -0.3 is 15.8 Å². The number of rotatable bonds is 1. The van der Waals surface area contributed by atoms with Gasteiger partial charge in [0.25, 0.3) is 0 Å². The number of hydrogen-bond donors (Lipinski definition) is 3. The SMILES string of the molecule is Cc1ccc2c(N=NC(N)=O)c(O)[nH]c2c1C. The summed E-state index contributed by atoms with van der Waals surface area (Å²) in [6.07, 6.45) is 0. The fraction of sp³-hybridized carbons (Fsp3) is 0.182. The molecule has 0 bridgehead atoms. The van der Waals surface area contributed by atoms with Crippen molar-refractivity contribution in [2.45, 2.75) is 13.8 Å². The van der Waals surface area contributed by atoms with E-state index in [1.165, 1.54) is 0 Å². The Morgan fingerprint density at radius 1 is 1.41 bits per heavy atom. The van der Waals surface area contributed by atoms with Gasteiger partial charge in [-0.2, -0.15) is 0 Å². The van der Waals surface area contributed by atoms with E-state index in [0.717, 1.165) is 16.6 Å². The topological polar surface area (TPSA) is 104 Å². The van der Waals surface area contributed by atoms with E-state index in [0.29, 0.717) is 5.39 Å². The molecule has 0 aliphatic heterocycles. The van der Waals surface area contributed by atoms with E-state index in [-0.39, 0.29) is 11.6 Å². The first-order valence-corrected chi connectivity index (χ1v) is 5.02. The summed E-state index contributed by atoms with van der Waals surface area (Å²) < 4.78 is 0. The smallest absolute Gasteiger partial charge is 0.356 e. The Kier molecular flexibility index (Phi) is 2.55. The van der Waals surface area contributed by atoms with Crippen LogP contribution in [0.3, 0.4) is 0 Å². The van der Waals surface area contributed by atoms with Crippen molar-refractivity contribution in [3.05, 3.63) is 23.3 Å². The number of aryl methyl sites for hydroxylation is 2. The molecule has 0 fully saturated rings. The van der Waals surface area contributed by atoms with Gasteiger partial charge in [-0.3, -0.25) is 0 Å². The van der Waals surface area contributed by atoms with Crippen molar-refractivity contribution >= 4 is 22.6 Å². The number of azo groups is 1. The third-order valence-corrected chi connectivity index (χ3v) is 2.71. The molecule has 1 aromatic carbocycles. The predicted molar refractivity (Wildman–Crippen MR) is 63.5 cm³/mol. The molecule has 0 unspecified atom stereocenters. The van der Waals surface area contributed by atoms with Crippen LogP contribution in [0, 0.1) is 13.8 Å². The molecular weight excluding hydrogens is 220 g/mol. The van der Waals surface area contributed by atoms with Gasteiger partial charge in [0.15, 0.2) is 5.69 Å². The molecular formula is C11H12N4O2. The van der Waals surface area contributed by atoms with Crippen LogP contribution in [0.5, 0.6) is 5.88 Å². The molecule has 2 rings (SSSR count). The maximum Gasteiger partial charge on any atom is 0.356 e. The molecule has 1 heterocycles. The van der Waals surface area contributed by atoms with Crippen molar-refractivity contribution in [2.75, 3.05) is 0 Å². The van der Waals surface area contributed by atoms with Crippen LogP contribution in [0.1, 0.15) is 11.1 Å². The quantitative estimate of drug-likeness (QED) is 0.658. The van der Waals surface area contributed by atoms with Gasteiger partial charge >= 0.3 is 6.03 Å². The van der Waals surface area contributed by atoms with Gasteiger partial charge in [0.1, 0.15) is 0 Å². The third kappa shape index (κ3) is 1.84. The van der Waals surface area contributed by atoms with Gasteiger partial charge in [0.05, 0.1) is 5.52 Å². The molecule has 2 aromatic rings. The zero-order chi connectivity index (χ0) is 12.6. The van der Waals surface area contributed by atoms with E-state index >= 15 is 0 Å². The Morgan fingerprint density at radius 3 is 2.76 bits per heavy atom. The first-order valence-electron chi connectivity index (χ1n) is 5.02. The minimum Gasteiger partial charge on any atom is -0.493 e. The Labute approximate surface area is 97.2 Å². The number of nitrogens with zero attached hydrogens (tertiary/aromatic N) is 2. The minimum absolute atomic E-state index is 0.126. The van der Waals surface area contributed by atoms with Crippen LogP contribution in [0.4, 0.5) is 10.5 Å². The summed E-state index contributed by atoms with van der Waals surface area (Å²) in [5.41, 5.74) is 7.98. The number of aromatic nitrogens is 1. The van der Waals surface area contributed by atoms with Crippen molar-refractivity contribution in [2.24, 2.45) is 16.0 Å². The lowest BCUT2D eigenvalue weighted by atomic mass is 10.1. The number of benzene rings is 1. The Bertz CT molecular complexity index is 628. The van der Waals surface area contributed by atoms with Crippen LogP contribution < -0.4 is 5.73 Å². The highest BCUT2D eigenvalue weighted by molar-refractivity contribution is 5.96. The van der Waals surface area contributed by atoms with Gasteiger partial charge in [0.2, 0.25) is 5.88 Å². The highest BCUT2D eigenvalue weighted by Crippen LogP contribution is 2.37. The lowest BCUT2D eigenvalue weighted by Gasteiger charge is -2.00. The second kappa shape index (κ2) is 3.89. The summed E-state index contributed by atoms with van der Waals surface area (Å²) in [6.45, 7) is 3.90. The van der Waals surface area contributed by atoms with Crippen LogP contribution in [0.25, 0.3) is 10.9 Å². The number of fused-ring (bicyclic) bond motifs is 1. The zero-order valence-corrected chi connectivity index (χ0v) is 9.48. The Balaban J connectivity index is 2.69. The van der Waals surface area contributed by atoms with Gasteiger partial charge in [-0.05, 0) is 25.0 Å². The second-order valence-corrected chi connectivity index (χ2v) is 3.79. The molecule has 0 saturated carbocycles. The van der Waals surface area contributed by atoms with Crippen molar-refractivity contribution in [3.8, 4) is 5.88 Å². The van der Waals surface area contributed by atoms with Gasteiger partial charge in [-0.15, -0.1) is 5.11 Å². The number of primary amides is 1. The summed E-state index contributed by atoms with van der Waals surface area (Å²) in [5, 5.41) is 17.3. The van der Waals surface area contributed by atoms with E-state index in [1.54, 1.807) is 0 Å². The van der Waals surface area contributed by atoms with Gasteiger partial charge in [-0.25, -0.2) is 4.79 Å². The maximum absolute atomic E-state index is 10.5. The Hall–Kier alpha value is -2.37. The second-order valence-electron chi connectivity index (χ2n) is 3.79. The van der Waals surface area contributed by atoms with Crippen LogP contribution in [0.15, 0.2) is 22.4 Å². The molecule has 0 saturated heterocycles. The lowest BCUT2D eigenvalue weighted by Crippen LogP contribution is -2.01. The average molecular weight is 232 g/mol. The number of carbonyl (C=O) groups excluding carboxylic acids is 1. The van der Waals surface area contributed by atoms with E-state index < -0.39 is 6.03 Å². The van der Waals surface area contributed by atoms with Crippen LogP contribution in [-0.4, -0.2) is 16.1 Å². The minimum atomic E-state index is -0.900. The number of carbonyl (C=O) groups is 1. The summed E-state index contributed by atoms with van der Waals surface area (Å²) in [5.74, 6) is -0.126. The van der Waals surface area contributed by atoms with Crippen molar-refractivity contribution in [1.82, 2.24) is 4.98 Å². The van der Waals surface area contributed by atoms with Gasteiger partial charge in [0, 0.05) is 5.39 Å². The highest BCUT2D eigenvalue weighted by Gasteiger charge is 2.12. The number of nitrogens with two attached hydrogens (primary N) is 1. The highest BCUT2D eigenvalue weighted by atomic mass is 16.3. The molecule has 0 aliphatic rings. The van der Waals surface area contributed by atoms with Crippen molar-refractivity contribution in [1.29, 1.82) is 0 Å². The molecule has 2 amide bonds. The summed E-state index contributed by atoms with van der Waals surface area (Å²) in [4.78, 5) is 13.3. The molecule has 88 valence electrons. The molecule has 6 heteroatoms. The molecule has 6 nitrogen and oxygen atoms in total. The normalized spacial score (nSPS) is 11.4. The predicted octanol–water partition coefficient (Wildman–Crippen LogP) is 2.65. The maximum atomic E-state index is 10.5. The fourth-order valence-corrected chi connectivity index (χ4v) is 1.68. The number of nitrogens with one attached hydrogen (secondary N) is 1. The summed E-state index contributed by atoms with van der Waals surface area (Å²) in [6, 6.07) is 2.82. The number of H-pyrrole nitrogens is 1. The fourth-order valence-electron chi connectivity index (χ4n) is 1.68. The largest absolute Gasteiger partial charge is 0.493 e. The van der Waals surface area contributed by atoms with E-state index in [1.807, 2.05) is 26.0 Å². The van der Waals surface area contributed by atoms with Crippen LogP contribution in [0.2, 0.25) is 0 Å². The molecule has 1 aromatic heterocycles. The van der Waals surface area contributed by atoms with Crippen LogP contribution in [-0.2, 0) is 0 Å². The van der Waals surface area contributed by atoms with Crippen molar-refractivity contribution in [3.63, 3.8) is 0 Å². The number of aromatic amines is 1. The first-order chi connectivity index (χ1) is 8.00. The van der Waals surface area contributed by atoms with E-state index in [4.69, 9.17) is 5.73 Å². The summed E-state index contributed by atoms with van der Waals surface area (Å²) in [7, 11) is 0. The van der Waals surface area contributed by atoms with Crippen molar-refractivity contribution < 1.29 is 9.90 Å². The molecule has 0 radical (unpaired) electrons. The molecule has 0 spiro atoms. The zero-order valence-electron chi connectivity index (χ0n) is 9.48. The van der Waals surface area contributed by atoms with Crippen LogP contribution >= 0.6 is 0 Å². The third-order valence-electron chi connectivity index (χ3n) is 2.71. The lowest BCUT2D eigenvalue weighted by molar-refractivity contribution is 0.255. The number of aromatic hydroxyl groups is 1. The average Bonchev–Trinajstić information content (AvgIpc) is 2.58. The standard InChI is InChI=1S/C11H12N4O2/c1-5-3-4-7-8(6(5)2)13-10(16)9(7)14-15-11(12)17/h3-4,13,16H,1-2H3,(H2,12,17). The molecule has 0 atom stereocenters. The van der Waals surface area contributed by atoms with Gasteiger partial charge in [-0.1, -0.05) is 17.2 Å². The molecule has 17 heavy (non-hydrogen) atoms. The first kappa shape index (κ1) is 11.1. The molecule has 0 aliphatic carbocycles.